The molecule has 0 aromatic heterocycles. The summed E-state index contributed by atoms with van der Waals surface area (Å²) in [6.07, 6.45) is 0.00907. The average molecular weight is 232 g/mol. The van der Waals surface area contributed by atoms with Crippen molar-refractivity contribution in [1.82, 2.24) is 10.2 Å². The van der Waals surface area contributed by atoms with Gasteiger partial charge >= 0.3 is 0 Å². The lowest BCUT2D eigenvalue weighted by Gasteiger charge is -2.20. The van der Waals surface area contributed by atoms with Crippen LogP contribution in [0.15, 0.2) is 24.3 Å². The van der Waals surface area contributed by atoms with Gasteiger partial charge < -0.3 is 4.90 Å². The molecule has 1 aromatic carbocycles. The van der Waals surface area contributed by atoms with Gasteiger partial charge in [-0.05, 0) is 18.4 Å². The number of aryl methyl sites for hydroxylation is 1. The predicted octanol–water partition coefficient (Wildman–Crippen LogP) is 2.08. The first-order chi connectivity index (χ1) is 8.00. The average Bonchev–Trinajstić information content (AvgIpc) is 2.56. The summed E-state index contributed by atoms with van der Waals surface area (Å²) in [5.41, 5.74) is 2.38. The number of amides is 1. The van der Waals surface area contributed by atoms with Crippen molar-refractivity contribution in [2.24, 2.45) is 5.92 Å². The Morgan fingerprint density at radius 1 is 1.35 bits per heavy atom. The molecule has 1 fully saturated rings. The van der Waals surface area contributed by atoms with Gasteiger partial charge in [-0.3, -0.25) is 10.1 Å². The van der Waals surface area contributed by atoms with Gasteiger partial charge in [0.15, 0.2) is 0 Å². The lowest BCUT2D eigenvalue weighted by Crippen LogP contribution is -2.33. The Balaban J connectivity index is 2.26. The van der Waals surface area contributed by atoms with E-state index in [-0.39, 0.29) is 18.1 Å². The van der Waals surface area contributed by atoms with Crippen LogP contribution in [0.1, 0.15) is 31.1 Å². The quantitative estimate of drug-likeness (QED) is 0.846. The number of rotatable bonds is 2. The largest absolute Gasteiger partial charge is 0.325 e. The molecule has 2 atom stereocenters. The van der Waals surface area contributed by atoms with Crippen molar-refractivity contribution in [2.45, 2.75) is 33.0 Å². The third-order valence-corrected chi connectivity index (χ3v) is 3.36. The second-order valence-electron chi connectivity index (χ2n) is 5.15. The molecule has 3 nitrogen and oxygen atoms in total. The fourth-order valence-corrected chi connectivity index (χ4v) is 2.34. The highest BCUT2D eigenvalue weighted by Crippen LogP contribution is 2.26. The molecule has 17 heavy (non-hydrogen) atoms. The van der Waals surface area contributed by atoms with E-state index in [0.717, 1.165) is 5.56 Å². The van der Waals surface area contributed by atoms with Crippen molar-refractivity contribution >= 4 is 5.91 Å². The number of nitrogens with zero attached hydrogens (tertiary/aromatic N) is 1. The van der Waals surface area contributed by atoms with Gasteiger partial charge in [0.25, 0.3) is 0 Å². The molecule has 3 heteroatoms. The van der Waals surface area contributed by atoms with E-state index in [1.54, 1.807) is 4.90 Å². The number of nitrogens with one attached hydrogen (secondary N) is 1. The summed E-state index contributed by atoms with van der Waals surface area (Å²) in [5, 5.41) is 3.41. The molecule has 1 saturated heterocycles. The van der Waals surface area contributed by atoms with Gasteiger partial charge in [-0.1, -0.05) is 43.7 Å². The minimum absolute atomic E-state index is 0.00907. The fourth-order valence-electron chi connectivity index (χ4n) is 2.34. The zero-order valence-electron chi connectivity index (χ0n) is 10.9. The smallest absolute Gasteiger partial charge is 0.241 e. The minimum Gasteiger partial charge on any atom is -0.325 e. The number of benzene rings is 1. The van der Waals surface area contributed by atoms with Crippen molar-refractivity contribution in [1.29, 1.82) is 0 Å². The predicted molar refractivity (Wildman–Crippen MR) is 68.5 cm³/mol. The second kappa shape index (κ2) is 4.49. The van der Waals surface area contributed by atoms with E-state index in [2.05, 4.69) is 44.3 Å². The zero-order valence-corrected chi connectivity index (χ0v) is 10.9. The van der Waals surface area contributed by atoms with E-state index >= 15 is 0 Å². The molecule has 1 aliphatic rings. The third-order valence-electron chi connectivity index (χ3n) is 3.36. The summed E-state index contributed by atoms with van der Waals surface area (Å²) in [5.74, 6) is 0.506. The molecule has 0 aliphatic carbocycles. The summed E-state index contributed by atoms with van der Waals surface area (Å²) in [7, 11) is 1.87. The molecule has 1 aliphatic heterocycles. The molecule has 1 heterocycles. The van der Waals surface area contributed by atoms with E-state index in [9.17, 15) is 4.79 Å². The van der Waals surface area contributed by atoms with Crippen LogP contribution in [-0.4, -0.2) is 23.9 Å². The van der Waals surface area contributed by atoms with Gasteiger partial charge in [0, 0.05) is 7.05 Å². The zero-order chi connectivity index (χ0) is 12.6. The summed E-state index contributed by atoms with van der Waals surface area (Å²) in [6, 6.07) is 8.24. The fraction of sp³-hybridized carbons (Fsp3) is 0.500. The Kier molecular flexibility index (Phi) is 3.20. The lowest BCUT2D eigenvalue weighted by atomic mass is 10.1. The van der Waals surface area contributed by atoms with Crippen molar-refractivity contribution in [3.8, 4) is 0 Å². The molecular weight excluding hydrogens is 212 g/mol. The molecule has 2 rings (SSSR count). The third kappa shape index (κ3) is 2.20. The first-order valence-corrected chi connectivity index (χ1v) is 6.10. The van der Waals surface area contributed by atoms with Gasteiger partial charge in [0.1, 0.15) is 6.17 Å². The maximum atomic E-state index is 12.1. The standard InChI is InChI=1S/C14H20N2O/c1-9(2)12-14(17)16(4)13(15-12)11-7-5-6-10(3)8-11/h5-9,12-13,15H,1-4H3. The molecule has 0 bridgehead atoms. The van der Waals surface area contributed by atoms with Crippen molar-refractivity contribution < 1.29 is 4.79 Å². The molecule has 1 N–H and O–H groups in total. The Morgan fingerprint density at radius 3 is 2.59 bits per heavy atom. The number of carbonyl (C=O) groups excluding carboxylic acids is 1. The molecule has 1 aromatic rings. The Hall–Kier alpha value is -1.35. The van der Waals surface area contributed by atoms with Crippen LogP contribution >= 0.6 is 0 Å². The van der Waals surface area contributed by atoms with Crippen LogP contribution < -0.4 is 5.32 Å². The normalized spacial score (nSPS) is 24.8. The van der Waals surface area contributed by atoms with Gasteiger partial charge in [-0.2, -0.15) is 0 Å². The minimum atomic E-state index is -0.0643. The van der Waals surface area contributed by atoms with Gasteiger partial charge in [0.2, 0.25) is 5.91 Å². The number of hydrogen-bond acceptors (Lipinski definition) is 2. The Morgan fingerprint density at radius 2 is 2.06 bits per heavy atom. The van der Waals surface area contributed by atoms with Crippen LogP contribution in [0.3, 0.4) is 0 Å². The Labute approximate surface area is 103 Å². The Bertz CT molecular complexity index is 428. The first-order valence-electron chi connectivity index (χ1n) is 6.10. The maximum absolute atomic E-state index is 12.1. The maximum Gasteiger partial charge on any atom is 0.241 e. The molecule has 2 unspecified atom stereocenters. The second-order valence-corrected chi connectivity index (χ2v) is 5.15. The van der Waals surface area contributed by atoms with Crippen LogP contribution in [0.2, 0.25) is 0 Å². The van der Waals surface area contributed by atoms with Crippen molar-refractivity contribution in [3.63, 3.8) is 0 Å². The number of hydrogen-bond donors (Lipinski definition) is 1. The number of likely N-dealkylation sites (N-methyl/N-ethyl adjacent to an activating group) is 1. The van der Waals surface area contributed by atoms with Gasteiger partial charge in [0.05, 0.1) is 6.04 Å². The highest BCUT2D eigenvalue weighted by Gasteiger charge is 2.38. The SMILES string of the molecule is Cc1cccc(C2NC(C(C)C)C(=O)N2C)c1. The summed E-state index contributed by atoms with van der Waals surface area (Å²) >= 11 is 0. The van der Waals surface area contributed by atoms with E-state index in [0.29, 0.717) is 5.92 Å². The molecular formula is C14H20N2O. The van der Waals surface area contributed by atoms with Gasteiger partial charge in [-0.25, -0.2) is 0 Å². The summed E-state index contributed by atoms with van der Waals surface area (Å²) < 4.78 is 0. The van der Waals surface area contributed by atoms with Crippen LogP contribution in [0.5, 0.6) is 0 Å². The van der Waals surface area contributed by atoms with E-state index < -0.39 is 0 Å². The topological polar surface area (TPSA) is 32.3 Å². The first kappa shape index (κ1) is 12.1. The summed E-state index contributed by atoms with van der Waals surface area (Å²) in [6.45, 7) is 6.21. The molecule has 0 saturated carbocycles. The lowest BCUT2D eigenvalue weighted by molar-refractivity contribution is -0.129. The highest BCUT2D eigenvalue weighted by molar-refractivity contribution is 5.84. The van der Waals surface area contributed by atoms with E-state index in [1.807, 2.05) is 13.1 Å². The van der Waals surface area contributed by atoms with Crippen molar-refractivity contribution in [2.75, 3.05) is 7.05 Å². The highest BCUT2D eigenvalue weighted by atomic mass is 16.2. The van der Waals surface area contributed by atoms with Crippen LogP contribution in [0.25, 0.3) is 0 Å². The monoisotopic (exact) mass is 232 g/mol. The molecule has 1 amide bonds. The molecule has 0 spiro atoms. The summed E-state index contributed by atoms with van der Waals surface area (Å²) in [4.78, 5) is 13.9. The van der Waals surface area contributed by atoms with Crippen LogP contribution in [-0.2, 0) is 4.79 Å². The van der Waals surface area contributed by atoms with Crippen LogP contribution in [0, 0.1) is 12.8 Å². The van der Waals surface area contributed by atoms with E-state index in [1.165, 1.54) is 5.56 Å². The van der Waals surface area contributed by atoms with Crippen LogP contribution in [0.4, 0.5) is 0 Å². The molecule has 0 radical (unpaired) electrons. The van der Waals surface area contributed by atoms with Crippen molar-refractivity contribution in [3.05, 3.63) is 35.4 Å². The van der Waals surface area contributed by atoms with E-state index in [4.69, 9.17) is 0 Å². The molecule has 92 valence electrons. The number of carbonyl (C=O) groups is 1. The van der Waals surface area contributed by atoms with Gasteiger partial charge in [-0.15, -0.1) is 0 Å².